The SMILES string of the molecule is COc1cc(C=NNC(N)=O)c(Cl)cc1N1CCCC1. The van der Waals surface area contributed by atoms with E-state index in [9.17, 15) is 4.79 Å². The quantitative estimate of drug-likeness (QED) is 0.658. The van der Waals surface area contributed by atoms with Crippen LogP contribution < -0.4 is 20.8 Å². The molecule has 7 heteroatoms. The Kier molecular flexibility index (Phi) is 4.68. The van der Waals surface area contributed by atoms with Crippen molar-refractivity contribution >= 4 is 29.5 Å². The Morgan fingerprint density at radius 2 is 2.20 bits per heavy atom. The lowest BCUT2D eigenvalue weighted by Crippen LogP contribution is -2.24. The van der Waals surface area contributed by atoms with Crippen LogP contribution in [0.5, 0.6) is 5.75 Å². The molecule has 0 aliphatic carbocycles. The second kappa shape index (κ2) is 6.47. The molecule has 0 radical (unpaired) electrons. The number of anilines is 1. The van der Waals surface area contributed by atoms with Crippen LogP contribution in [0.25, 0.3) is 0 Å². The zero-order valence-electron chi connectivity index (χ0n) is 11.2. The molecule has 0 atom stereocenters. The van der Waals surface area contributed by atoms with Crippen LogP contribution in [0.15, 0.2) is 17.2 Å². The topological polar surface area (TPSA) is 80.0 Å². The van der Waals surface area contributed by atoms with E-state index in [0.29, 0.717) is 10.6 Å². The number of rotatable bonds is 4. The molecule has 0 spiro atoms. The van der Waals surface area contributed by atoms with Gasteiger partial charge in [0, 0.05) is 18.7 Å². The van der Waals surface area contributed by atoms with Crippen molar-refractivity contribution in [2.75, 3.05) is 25.1 Å². The number of amides is 2. The number of urea groups is 1. The van der Waals surface area contributed by atoms with Crippen LogP contribution in [0.3, 0.4) is 0 Å². The number of nitrogens with one attached hydrogen (secondary N) is 1. The van der Waals surface area contributed by atoms with Gasteiger partial charge in [-0.2, -0.15) is 5.10 Å². The molecule has 1 heterocycles. The Bertz CT molecular complexity index is 527. The minimum absolute atomic E-state index is 0.544. The Balaban J connectivity index is 2.27. The van der Waals surface area contributed by atoms with Gasteiger partial charge in [-0.3, -0.25) is 0 Å². The summed E-state index contributed by atoms with van der Waals surface area (Å²) in [6, 6.07) is 2.93. The minimum atomic E-state index is -0.724. The van der Waals surface area contributed by atoms with Gasteiger partial charge in [-0.05, 0) is 25.0 Å². The van der Waals surface area contributed by atoms with E-state index in [1.54, 1.807) is 13.2 Å². The largest absolute Gasteiger partial charge is 0.495 e. The van der Waals surface area contributed by atoms with Gasteiger partial charge in [0.25, 0.3) is 0 Å². The summed E-state index contributed by atoms with van der Waals surface area (Å²) in [5.74, 6) is 0.733. The van der Waals surface area contributed by atoms with Crippen molar-refractivity contribution in [2.24, 2.45) is 10.8 Å². The summed E-state index contributed by atoms with van der Waals surface area (Å²) in [6.45, 7) is 2.01. The highest BCUT2D eigenvalue weighted by Gasteiger charge is 2.18. The molecule has 108 valence electrons. The van der Waals surface area contributed by atoms with E-state index in [0.717, 1.165) is 24.5 Å². The van der Waals surface area contributed by atoms with E-state index in [1.807, 2.05) is 6.07 Å². The van der Waals surface area contributed by atoms with Crippen LogP contribution in [0.4, 0.5) is 10.5 Å². The molecule has 1 aliphatic heterocycles. The first-order valence-electron chi connectivity index (χ1n) is 6.33. The van der Waals surface area contributed by atoms with Crippen LogP contribution >= 0.6 is 11.6 Å². The molecule has 2 rings (SSSR count). The molecule has 1 aromatic carbocycles. The molecular weight excluding hydrogens is 280 g/mol. The number of primary amides is 1. The van der Waals surface area contributed by atoms with Gasteiger partial charge in [0.1, 0.15) is 5.75 Å². The maximum atomic E-state index is 10.6. The number of nitrogens with zero attached hydrogens (tertiary/aromatic N) is 2. The lowest BCUT2D eigenvalue weighted by Gasteiger charge is -2.21. The fourth-order valence-electron chi connectivity index (χ4n) is 2.19. The smallest absolute Gasteiger partial charge is 0.332 e. The summed E-state index contributed by atoms with van der Waals surface area (Å²) in [7, 11) is 1.62. The van der Waals surface area contributed by atoms with Crippen LogP contribution in [-0.4, -0.2) is 32.4 Å². The molecule has 20 heavy (non-hydrogen) atoms. The van der Waals surface area contributed by atoms with E-state index in [1.165, 1.54) is 19.1 Å². The zero-order chi connectivity index (χ0) is 14.5. The summed E-state index contributed by atoms with van der Waals surface area (Å²) in [4.78, 5) is 12.8. The first-order chi connectivity index (χ1) is 9.61. The van der Waals surface area contributed by atoms with Gasteiger partial charge >= 0.3 is 6.03 Å². The predicted molar refractivity (Wildman–Crippen MR) is 79.8 cm³/mol. The summed E-state index contributed by atoms with van der Waals surface area (Å²) in [5.41, 5.74) is 8.69. The first-order valence-corrected chi connectivity index (χ1v) is 6.70. The van der Waals surface area contributed by atoms with Crippen LogP contribution in [0.1, 0.15) is 18.4 Å². The van der Waals surface area contributed by atoms with E-state index in [2.05, 4.69) is 15.4 Å². The molecule has 1 aromatic rings. The maximum absolute atomic E-state index is 10.6. The molecule has 1 aliphatic rings. The standard InChI is InChI=1S/C13H17ClN4O2/c1-20-12-6-9(8-16-17-13(15)19)10(14)7-11(12)18-4-2-3-5-18/h6-8H,2-5H2,1H3,(H3,15,17,19). The third-order valence-corrected chi connectivity index (χ3v) is 3.45. The van der Waals surface area contributed by atoms with Gasteiger partial charge in [0.2, 0.25) is 0 Å². The predicted octanol–water partition coefficient (Wildman–Crippen LogP) is 1.95. The van der Waals surface area contributed by atoms with Crippen LogP contribution in [-0.2, 0) is 0 Å². The molecule has 0 saturated carbocycles. The van der Waals surface area contributed by atoms with E-state index < -0.39 is 6.03 Å². The van der Waals surface area contributed by atoms with Crippen molar-refractivity contribution in [3.8, 4) is 5.75 Å². The average molecular weight is 297 g/mol. The van der Waals surface area contributed by atoms with Gasteiger partial charge in [0.05, 0.1) is 24.0 Å². The number of ether oxygens (including phenoxy) is 1. The molecule has 3 N–H and O–H groups in total. The number of halogens is 1. The van der Waals surface area contributed by atoms with Gasteiger partial charge in [-0.25, -0.2) is 10.2 Å². The molecular formula is C13H17ClN4O2. The number of methoxy groups -OCH3 is 1. The van der Waals surface area contributed by atoms with Gasteiger partial charge < -0.3 is 15.4 Å². The summed E-state index contributed by atoms with van der Waals surface area (Å²) in [6.07, 6.45) is 3.78. The highest BCUT2D eigenvalue weighted by molar-refractivity contribution is 6.33. The second-order valence-corrected chi connectivity index (χ2v) is 4.88. The van der Waals surface area contributed by atoms with Crippen molar-refractivity contribution in [1.29, 1.82) is 0 Å². The monoisotopic (exact) mass is 296 g/mol. The molecule has 6 nitrogen and oxygen atoms in total. The molecule has 0 unspecified atom stereocenters. The zero-order valence-corrected chi connectivity index (χ0v) is 12.0. The first kappa shape index (κ1) is 14.5. The van der Waals surface area contributed by atoms with Crippen molar-refractivity contribution in [1.82, 2.24) is 5.43 Å². The molecule has 0 bridgehead atoms. The molecule has 1 saturated heterocycles. The Morgan fingerprint density at radius 1 is 1.50 bits per heavy atom. The number of nitrogens with two attached hydrogens (primary N) is 1. The number of hydrogen-bond donors (Lipinski definition) is 2. The number of benzene rings is 1. The number of carbonyl (C=O) groups excluding carboxylic acids is 1. The van der Waals surface area contributed by atoms with Gasteiger partial charge in [0.15, 0.2) is 0 Å². The maximum Gasteiger partial charge on any atom is 0.332 e. The number of hydrogen-bond acceptors (Lipinski definition) is 4. The molecule has 1 fully saturated rings. The average Bonchev–Trinajstić information content (AvgIpc) is 2.93. The van der Waals surface area contributed by atoms with Crippen molar-refractivity contribution in [3.63, 3.8) is 0 Å². The van der Waals surface area contributed by atoms with Crippen LogP contribution in [0.2, 0.25) is 5.02 Å². The normalized spacial score (nSPS) is 14.8. The lowest BCUT2D eigenvalue weighted by atomic mass is 10.2. The minimum Gasteiger partial charge on any atom is -0.495 e. The van der Waals surface area contributed by atoms with Crippen LogP contribution in [0, 0.1) is 0 Å². The Labute approximate surface area is 122 Å². The lowest BCUT2D eigenvalue weighted by molar-refractivity contribution is 0.249. The molecule has 0 aromatic heterocycles. The van der Waals surface area contributed by atoms with Gasteiger partial charge in [-0.15, -0.1) is 0 Å². The third kappa shape index (κ3) is 3.33. The summed E-state index contributed by atoms with van der Waals surface area (Å²) in [5, 5.41) is 4.25. The second-order valence-electron chi connectivity index (χ2n) is 4.47. The van der Waals surface area contributed by atoms with E-state index in [4.69, 9.17) is 22.1 Å². The highest BCUT2D eigenvalue weighted by atomic mass is 35.5. The third-order valence-electron chi connectivity index (χ3n) is 3.12. The van der Waals surface area contributed by atoms with Gasteiger partial charge in [-0.1, -0.05) is 11.6 Å². The van der Waals surface area contributed by atoms with Crippen molar-refractivity contribution < 1.29 is 9.53 Å². The van der Waals surface area contributed by atoms with E-state index >= 15 is 0 Å². The molecule has 2 amide bonds. The highest BCUT2D eigenvalue weighted by Crippen LogP contribution is 2.35. The summed E-state index contributed by atoms with van der Waals surface area (Å²) < 4.78 is 5.41. The van der Waals surface area contributed by atoms with Crippen molar-refractivity contribution in [3.05, 3.63) is 22.7 Å². The fourth-order valence-corrected chi connectivity index (χ4v) is 2.40. The van der Waals surface area contributed by atoms with Crippen molar-refractivity contribution in [2.45, 2.75) is 12.8 Å². The number of hydrazone groups is 1. The number of carbonyl (C=O) groups is 1. The fraction of sp³-hybridized carbons (Fsp3) is 0.385. The Morgan fingerprint density at radius 3 is 2.80 bits per heavy atom. The summed E-state index contributed by atoms with van der Waals surface area (Å²) >= 11 is 6.23. The van der Waals surface area contributed by atoms with E-state index in [-0.39, 0.29) is 0 Å². The Hall–Kier alpha value is -1.95.